The zero-order valence-electron chi connectivity index (χ0n) is 11.3. The van der Waals surface area contributed by atoms with Crippen molar-refractivity contribution in [3.05, 3.63) is 54.0 Å². The van der Waals surface area contributed by atoms with Gasteiger partial charge in [0.05, 0.1) is 22.8 Å². The predicted octanol–water partition coefficient (Wildman–Crippen LogP) is 2.61. The van der Waals surface area contributed by atoms with Crippen molar-refractivity contribution < 1.29 is 0 Å². The molecule has 5 nitrogen and oxygen atoms in total. The van der Waals surface area contributed by atoms with Crippen LogP contribution in [0.5, 0.6) is 0 Å². The first kappa shape index (κ1) is 12.3. The van der Waals surface area contributed by atoms with E-state index in [4.69, 9.17) is 0 Å². The van der Waals surface area contributed by atoms with Crippen molar-refractivity contribution >= 4 is 0 Å². The van der Waals surface area contributed by atoms with E-state index in [1.54, 1.807) is 6.20 Å². The van der Waals surface area contributed by atoms with E-state index in [2.05, 4.69) is 25.1 Å². The second-order valence-corrected chi connectivity index (χ2v) is 4.43. The van der Waals surface area contributed by atoms with Crippen molar-refractivity contribution in [1.82, 2.24) is 25.1 Å². The lowest BCUT2D eigenvalue weighted by molar-refractivity contribution is 0.899. The third-order valence-electron chi connectivity index (χ3n) is 3.00. The summed E-state index contributed by atoms with van der Waals surface area (Å²) in [5.41, 5.74) is 4.01. The standard InChI is InChI=1S/C15H13N5/c1-10-11(2)19-20-15(17-10)14-8-5-7-13(18-14)12-6-3-4-9-16-12/h3-9H,1-2H3. The normalized spacial score (nSPS) is 10.5. The number of rotatable bonds is 2. The molecular formula is C15H13N5. The third-order valence-corrected chi connectivity index (χ3v) is 3.00. The van der Waals surface area contributed by atoms with E-state index in [9.17, 15) is 0 Å². The minimum atomic E-state index is 0.533. The van der Waals surface area contributed by atoms with Gasteiger partial charge in [0, 0.05) is 6.20 Å². The van der Waals surface area contributed by atoms with Crippen molar-refractivity contribution in [2.24, 2.45) is 0 Å². The molecule has 0 fully saturated rings. The van der Waals surface area contributed by atoms with Crippen LogP contribution >= 0.6 is 0 Å². The topological polar surface area (TPSA) is 64.5 Å². The molecule has 0 aliphatic heterocycles. The summed E-state index contributed by atoms with van der Waals surface area (Å²) in [6.45, 7) is 3.80. The van der Waals surface area contributed by atoms with E-state index in [0.29, 0.717) is 11.5 Å². The van der Waals surface area contributed by atoms with Crippen LogP contribution < -0.4 is 0 Å². The van der Waals surface area contributed by atoms with E-state index < -0.39 is 0 Å². The number of hydrogen-bond donors (Lipinski definition) is 0. The number of aromatic nitrogens is 5. The summed E-state index contributed by atoms with van der Waals surface area (Å²) in [5.74, 6) is 0.533. The molecule has 0 radical (unpaired) electrons. The van der Waals surface area contributed by atoms with E-state index >= 15 is 0 Å². The number of nitrogens with zero attached hydrogens (tertiary/aromatic N) is 5. The molecule has 3 aromatic heterocycles. The Morgan fingerprint density at radius 1 is 0.700 bits per heavy atom. The van der Waals surface area contributed by atoms with Gasteiger partial charge < -0.3 is 0 Å². The molecule has 0 amide bonds. The van der Waals surface area contributed by atoms with Crippen LogP contribution in [0.1, 0.15) is 11.4 Å². The van der Waals surface area contributed by atoms with Gasteiger partial charge in [0.15, 0.2) is 0 Å². The van der Waals surface area contributed by atoms with Crippen molar-refractivity contribution in [3.8, 4) is 22.9 Å². The van der Waals surface area contributed by atoms with Gasteiger partial charge in [-0.1, -0.05) is 12.1 Å². The van der Waals surface area contributed by atoms with Gasteiger partial charge in [-0.3, -0.25) is 4.98 Å². The Morgan fingerprint density at radius 3 is 2.25 bits per heavy atom. The van der Waals surface area contributed by atoms with Crippen LogP contribution in [0.2, 0.25) is 0 Å². The zero-order chi connectivity index (χ0) is 13.9. The van der Waals surface area contributed by atoms with Gasteiger partial charge in [-0.15, -0.1) is 5.10 Å². The highest BCUT2D eigenvalue weighted by Crippen LogP contribution is 2.18. The highest BCUT2D eigenvalue weighted by Gasteiger charge is 2.08. The molecule has 0 spiro atoms. The van der Waals surface area contributed by atoms with Crippen LogP contribution in [0, 0.1) is 13.8 Å². The molecule has 5 heteroatoms. The molecule has 20 heavy (non-hydrogen) atoms. The average Bonchev–Trinajstić information content (AvgIpc) is 2.51. The minimum Gasteiger partial charge on any atom is -0.255 e. The lowest BCUT2D eigenvalue weighted by Gasteiger charge is -2.04. The minimum absolute atomic E-state index is 0.533. The molecule has 0 bridgehead atoms. The smallest absolute Gasteiger partial charge is 0.200 e. The number of aryl methyl sites for hydroxylation is 2. The van der Waals surface area contributed by atoms with E-state index in [1.807, 2.05) is 50.2 Å². The molecule has 0 N–H and O–H groups in total. The van der Waals surface area contributed by atoms with Gasteiger partial charge in [0.25, 0.3) is 0 Å². The Kier molecular flexibility index (Phi) is 3.16. The predicted molar refractivity (Wildman–Crippen MR) is 75.8 cm³/mol. The molecule has 3 rings (SSSR count). The summed E-state index contributed by atoms with van der Waals surface area (Å²) in [5, 5.41) is 8.19. The lowest BCUT2D eigenvalue weighted by Crippen LogP contribution is -2.00. The van der Waals surface area contributed by atoms with Crippen LogP contribution in [-0.2, 0) is 0 Å². The highest BCUT2D eigenvalue weighted by molar-refractivity contribution is 5.59. The van der Waals surface area contributed by atoms with E-state index in [1.165, 1.54) is 0 Å². The summed E-state index contributed by atoms with van der Waals surface area (Å²) < 4.78 is 0. The lowest BCUT2D eigenvalue weighted by atomic mass is 10.2. The van der Waals surface area contributed by atoms with Gasteiger partial charge in [-0.2, -0.15) is 5.10 Å². The SMILES string of the molecule is Cc1nnc(-c2cccc(-c3ccccn3)n2)nc1C. The Labute approximate surface area is 116 Å². The highest BCUT2D eigenvalue weighted by atomic mass is 15.2. The summed E-state index contributed by atoms with van der Waals surface area (Å²) in [4.78, 5) is 13.3. The van der Waals surface area contributed by atoms with Gasteiger partial charge in [0.2, 0.25) is 5.82 Å². The van der Waals surface area contributed by atoms with Crippen LogP contribution in [0.25, 0.3) is 22.9 Å². The molecule has 0 unspecified atom stereocenters. The van der Waals surface area contributed by atoms with E-state index in [0.717, 1.165) is 22.8 Å². The van der Waals surface area contributed by atoms with Crippen molar-refractivity contribution in [2.45, 2.75) is 13.8 Å². The largest absolute Gasteiger partial charge is 0.255 e. The van der Waals surface area contributed by atoms with Crippen LogP contribution in [-0.4, -0.2) is 25.1 Å². The first-order valence-corrected chi connectivity index (χ1v) is 6.31. The van der Waals surface area contributed by atoms with Gasteiger partial charge in [-0.25, -0.2) is 9.97 Å². The monoisotopic (exact) mass is 263 g/mol. The van der Waals surface area contributed by atoms with E-state index in [-0.39, 0.29) is 0 Å². The summed E-state index contributed by atoms with van der Waals surface area (Å²) in [6.07, 6.45) is 1.75. The molecule has 0 aliphatic rings. The summed E-state index contributed by atoms with van der Waals surface area (Å²) in [6, 6.07) is 11.4. The number of hydrogen-bond acceptors (Lipinski definition) is 5. The average molecular weight is 263 g/mol. The molecule has 3 heterocycles. The maximum atomic E-state index is 4.56. The van der Waals surface area contributed by atoms with Crippen molar-refractivity contribution in [3.63, 3.8) is 0 Å². The molecule has 3 aromatic rings. The van der Waals surface area contributed by atoms with Crippen LogP contribution in [0.4, 0.5) is 0 Å². The zero-order valence-corrected chi connectivity index (χ0v) is 11.3. The fourth-order valence-corrected chi connectivity index (χ4v) is 1.78. The third kappa shape index (κ3) is 2.38. The molecule has 98 valence electrons. The fourth-order valence-electron chi connectivity index (χ4n) is 1.78. The Hall–Kier alpha value is -2.69. The quantitative estimate of drug-likeness (QED) is 0.711. The second-order valence-electron chi connectivity index (χ2n) is 4.43. The van der Waals surface area contributed by atoms with Gasteiger partial charge in [0.1, 0.15) is 5.69 Å². The maximum Gasteiger partial charge on any atom is 0.200 e. The van der Waals surface area contributed by atoms with Crippen molar-refractivity contribution in [2.75, 3.05) is 0 Å². The maximum absolute atomic E-state index is 4.56. The molecule has 0 atom stereocenters. The second kappa shape index (κ2) is 5.13. The first-order chi connectivity index (χ1) is 9.74. The Balaban J connectivity index is 2.05. The van der Waals surface area contributed by atoms with Crippen molar-refractivity contribution in [1.29, 1.82) is 0 Å². The Morgan fingerprint density at radius 2 is 1.50 bits per heavy atom. The van der Waals surface area contributed by atoms with Gasteiger partial charge in [-0.05, 0) is 38.1 Å². The van der Waals surface area contributed by atoms with Crippen LogP contribution in [0.15, 0.2) is 42.6 Å². The number of pyridine rings is 2. The first-order valence-electron chi connectivity index (χ1n) is 6.31. The molecule has 0 saturated heterocycles. The summed E-state index contributed by atoms with van der Waals surface area (Å²) in [7, 11) is 0. The van der Waals surface area contributed by atoms with Crippen LogP contribution in [0.3, 0.4) is 0 Å². The fraction of sp³-hybridized carbons (Fsp3) is 0.133. The summed E-state index contributed by atoms with van der Waals surface area (Å²) >= 11 is 0. The molecular weight excluding hydrogens is 250 g/mol. The molecule has 0 saturated carbocycles. The Bertz CT molecular complexity index is 740. The molecule has 0 aliphatic carbocycles. The molecule has 0 aromatic carbocycles. The van der Waals surface area contributed by atoms with Gasteiger partial charge >= 0.3 is 0 Å².